The van der Waals surface area contributed by atoms with Crippen molar-refractivity contribution in [1.29, 1.82) is 0 Å². The fourth-order valence-corrected chi connectivity index (χ4v) is 3.29. The van der Waals surface area contributed by atoms with Crippen molar-refractivity contribution in [3.8, 4) is 0 Å². The molecule has 25 heavy (non-hydrogen) atoms. The van der Waals surface area contributed by atoms with Gasteiger partial charge in [-0.25, -0.2) is 4.79 Å². The quantitative estimate of drug-likeness (QED) is 0.832. The molecular weight excluding hydrogens is 321 g/mol. The van der Waals surface area contributed by atoms with Gasteiger partial charge in [-0.05, 0) is 51.2 Å². The van der Waals surface area contributed by atoms with Crippen molar-refractivity contribution in [3.05, 3.63) is 29.3 Å². The lowest BCUT2D eigenvalue weighted by Gasteiger charge is -2.34. The highest BCUT2D eigenvalue weighted by Crippen LogP contribution is 2.36. The first kappa shape index (κ1) is 18.2. The van der Waals surface area contributed by atoms with Gasteiger partial charge in [-0.15, -0.1) is 0 Å². The van der Waals surface area contributed by atoms with E-state index in [1.165, 1.54) is 4.90 Å². The van der Waals surface area contributed by atoms with Crippen molar-refractivity contribution < 1.29 is 23.9 Å². The molecular formula is C18H26BNO5. The zero-order chi connectivity index (χ0) is 18.4. The molecule has 6 nitrogen and oxygen atoms in total. The van der Waals surface area contributed by atoms with Crippen LogP contribution in [-0.2, 0) is 14.0 Å². The topological polar surface area (TPSA) is 68.2 Å². The fourth-order valence-electron chi connectivity index (χ4n) is 3.29. The molecule has 136 valence electrons. The van der Waals surface area contributed by atoms with Gasteiger partial charge in [0.25, 0.3) is 0 Å². The third kappa shape index (κ3) is 3.28. The van der Waals surface area contributed by atoms with Crippen molar-refractivity contribution in [2.24, 2.45) is 0 Å². The SMILES string of the molecule is Cc1cc(B2OC(C)(C)C(C)(C)O2)ccc1C1COCCN1C(=O)O. The molecule has 0 saturated carbocycles. The summed E-state index contributed by atoms with van der Waals surface area (Å²) in [4.78, 5) is 12.9. The van der Waals surface area contributed by atoms with Crippen LogP contribution in [0.25, 0.3) is 0 Å². The Kier molecular flexibility index (Phi) is 4.60. The molecule has 2 aliphatic heterocycles. The Morgan fingerprint density at radius 2 is 1.88 bits per heavy atom. The number of aryl methyl sites for hydroxylation is 1. The second kappa shape index (κ2) is 6.30. The first-order chi connectivity index (χ1) is 11.6. The van der Waals surface area contributed by atoms with Crippen LogP contribution in [0.5, 0.6) is 0 Å². The summed E-state index contributed by atoms with van der Waals surface area (Å²) in [6, 6.07) is 5.66. The summed E-state index contributed by atoms with van der Waals surface area (Å²) in [6.45, 7) is 11.3. The molecule has 0 spiro atoms. The second-order valence-corrected chi connectivity index (χ2v) is 7.77. The number of hydrogen-bond donors (Lipinski definition) is 1. The van der Waals surface area contributed by atoms with Gasteiger partial charge < -0.3 is 19.2 Å². The molecule has 2 fully saturated rings. The van der Waals surface area contributed by atoms with Gasteiger partial charge in [-0.2, -0.15) is 0 Å². The molecule has 1 amide bonds. The zero-order valence-corrected chi connectivity index (χ0v) is 15.5. The van der Waals surface area contributed by atoms with E-state index in [9.17, 15) is 9.90 Å². The number of rotatable bonds is 2. The van der Waals surface area contributed by atoms with E-state index in [0.29, 0.717) is 19.8 Å². The molecule has 0 aliphatic carbocycles. The highest BCUT2D eigenvalue weighted by atomic mass is 16.7. The van der Waals surface area contributed by atoms with E-state index >= 15 is 0 Å². The van der Waals surface area contributed by atoms with Crippen molar-refractivity contribution in [3.63, 3.8) is 0 Å². The van der Waals surface area contributed by atoms with Crippen LogP contribution < -0.4 is 5.46 Å². The Bertz CT molecular complexity index is 659. The number of carboxylic acid groups (broad SMARTS) is 1. The Balaban J connectivity index is 1.86. The van der Waals surface area contributed by atoms with Crippen LogP contribution in [0.3, 0.4) is 0 Å². The molecule has 7 heteroatoms. The van der Waals surface area contributed by atoms with Gasteiger partial charge in [0, 0.05) is 6.54 Å². The van der Waals surface area contributed by atoms with E-state index in [4.69, 9.17) is 14.0 Å². The van der Waals surface area contributed by atoms with Crippen molar-refractivity contribution in [1.82, 2.24) is 4.90 Å². The minimum absolute atomic E-state index is 0.279. The van der Waals surface area contributed by atoms with Gasteiger partial charge in [0.1, 0.15) is 0 Å². The molecule has 1 N–H and O–H groups in total. The number of hydrogen-bond acceptors (Lipinski definition) is 4. The number of ether oxygens (including phenoxy) is 1. The summed E-state index contributed by atoms with van der Waals surface area (Å²) in [7, 11) is -0.420. The summed E-state index contributed by atoms with van der Waals surface area (Å²) in [5, 5.41) is 9.43. The molecule has 1 aromatic carbocycles. The Hall–Kier alpha value is -1.57. The molecule has 0 radical (unpaired) electrons. The van der Waals surface area contributed by atoms with Gasteiger partial charge in [0.15, 0.2) is 0 Å². The van der Waals surface area contributed by atoms with Crippen LogP contribution in [0, 0.1) is 6.92 Å². The zero-order valence-electron chi connectivity index (χ0n) is 15.5. The summed E-state index contributed by atoms with van der Waals surface area (Å²) in [6.07, 6.45) is -0.914. The first-order valence-electron chi connectivity index (χ1n) is 8.66. The standard InChI is InChI=1S/C18H26BNO5/c1-12-10-13(19-24-17(2,3)18(4,5)25-19)6-7-14(12)15-11-23-9-8-20(15)16(21)22/h6-7,10,15H,8-9,11H2,1-5H3,(H,21,22). The fraction of sp³-hybridized carbons (Fsp3) is 0.611. The maximum Gasteiger partial charge on any atom is 0.494 e. The summed E-state index contributed by atoms with van der Waals surface area (Å²) in [5.41, 5.74) is 2.14. The lowest BCUT2D eigenvalue weighted by atomic mass is 9.77. The summed E-state index contributed by atoms with van der Waals surface area (Å²) >= 11 is 0. The van der Waals surface area contributed by atoms with Crippen LogP contribution in [0.2, 0.25) is 0 Å². The van der Waals surface area contributed by atoms with Crippen molar-refractivity contribution in [2.75, 3.05) is 19.8 Å². The van der Waals surface area contributed by atoms with Gasteiger partial charge in [0.2, 0.25) is 0 Å². The van der Waals surface area contributed by atoms with E-state index in [2.05, 4.69) is 0 Å². The average Bonchev–Trinajstić information content (AvgIpc) is 2.75. The van der Waals surface area contributed by atoms with E-state index in [-0.39, 0.29) is 17.2 Å². The lowest BCUT2D eigenvalue weighted by molar-refractivity contribution is -0.00108. The lowest BCUT2D eigenvalue weighted by Crippen LogP contribution is -2.43. The highest BCUT2D eigenvalue weighted by molar-refractivity contribution is 6.62. The monoisotopic (exact) mass is 347 g/mol. The van der Waals surface area contributed by atoms with Gasteiger partial charge >= 0.3 is 13.2 Å². The van der Waals surface area contributed by atoms with Crippen LogP contribution in [-0.4, -0.2) is 54.2 Å². The average molecular weight is 347 g/mol. The maximum absolute atomic E-state index is 11.5. The normalized spacial score (nSPS) is 25.2. The smallest absolute Gasteiger partial charge is 0.465 e. The number of benzene rings is 1. The third-order valence-corrected chi connectivity index (χ3v) is 5.55. The van der Waals surface area contributed by atoms with Crippen LogP contribution in [0.15, 0.2) is 18.2 Å². The Labute approximate surface area is 149 Å². The molecule has 1 unspecified atom stereocenters. The van der Waals surface area contributed by atoms with Crippen LogP contribution in [0.1, 0.15) is 44.9 Å². The highest BCUT2D eigenvalue weighted by Gasteiger charge is 2.51. The summed E-state index contributed by atoms with van der Waals surface area (Å²) in [5.74, 6) is 0. The Morgan fingerprint density at radius 3 is 2.44 bits per heavy atom. The predicted octanol–water partition coefficient (Wildman–Crippen LogP) is 2.35. The van der Waals surface area contributed by atoms with E-state index in [1.54, 1.807) is 0 Å². The number of amides is 1. The van der Waals surface area contributed by atoms with Gasteiger partial charge in [0.05, 0.1) is 30.5 Å². The molecule has 2 aliphatic rings. The van der Waals surface area contributed by atoms with Gasteiger partial charge in [-0.3, -0.25) is 4.90 Å². The van der Waals surface area contributed by atoms with Crippen LogP contribution in [0.4, 0.5) is 4.79 Å². The molecule has 3 rings (SSSR count). The van der Waals surface area contributed by atoms with E-state index in [1.807, 2.05) is 52.8 Å². The van der Waals surface area contributed by atoms with Gasteiger partial charge in [-0.1, -0.05) is 18.2 Å². The van der Waals surface area contributed by atoms with Crippen molar-refractivity contribution in [2.45, 2.75) is 51.9 Å². The molecule has 2 saturated heterocycles. The second-order valence-electron chi connectivity index (χ2n) is 7.77. The predicted molar refractivity (Wildman–Crippen MR) is 95.2 cm³/mol. The molecule has 2 heterocycles. The van der Waals surface area contributed by atoms with Crippen LogP contribution >= 0.6 is 0 Å². The first-order valence-corrected chi connectivity index (χ1v) is 8.66. The molecule has 1 atom stereocenters. The number of nitrogens with zero attached hydrogens (tertiary/aromatic N) is 1. The molecule has 1 aromatic rings. The summed E-state index contributed by atoms with van der Waals surface area (Å²) < 4.78 is 17.7. The molecule has 0 aromatic heterocycles. The maximum atomic E-state index is 11.5. The number of morpholine rings is 1. The third-order valence-electron chi connectivity index (χ3n) is 5.55. The van der Waals surface area contributed by atoms with E-state index < -0.39 is 13.2 Å². The minimum atomic E-state index is -0.914. The number of carbonyl (C=O) groups is 1. The largest absolute Gasteiger partial charge is 0.494 e. The Morgan fingerprint density at radius 1 is 1.24 bits per heavy atom. The van der Waals surface area contributed by atoms with E-state index in [0.717, 1.165) is 16.6 Å². The molecule has 0 bridgehead atoms. The van der Waals surface area contributed by atoms with Crippen molar-refractivity contribution >= 4 is 18.7 Å². The minimum Gasteiger partial charge on any atom is -0.465 e.